The summed E-state index contributed by atoms with van der Waals surface area (Å²) in [5.74, 6) is -0.540. The van der Waals surface area contributed by atoms with Crippen molar-refractivity contribution in [3.8, 4) is 0 Å². The molecule has 0 radical (unpaired) electrons. The first-order valence-corrected chi connectivity index (χ1v) is 7.61. The molecule has 0 aliphatic heterocycles. The van der Waals surface area contributed by atoms with Gasteiger partial charge in [0.15, 0.2) is 11.6 Å². The fourth-order valence-electron chi connectivity index (χ4n) is 2.91. The first-order chi connectivity index (χ1) is 11.0. The second-order valence-corrected chi connectivity index (χ2v) is 5.69. The van der Waals surface area contributed by atoms with E-state index in [0.29, 0.717) is 5.57 Å². The highest BCUT2D eigenvalue weighted by atomic mass is 16.1. The standard InChI is InChI=1S/C19H18N2O2/c1-2-3-11-4-6-12(7-5-11)13-10-15(21)17-16(22)9-8-14(20)18(17)19(13)23/h4-10H,2-3,20-21H2,1H3. The van der Waals surface area contributed by atoms with Gasteiger partial charge in [0.2, 0.25) is 0 Å². The fraction of sp³-hybridized carbons (Fsp3) is 0.158. The van der Waals surface area contributed by atoms with Crippen LogP contribution in [0.4, 0.5) is 0 Å². The summed E-state index contributed by atoms with van der Waals surface area (Å²) in [5.41, 5.74) is 15.4. The van der Waals surface area contributed by atoms with E-state index >= 15 is 0 Å². The third kappa shape index (κ3) is 2.52. The maximum Gasteiger partial charge on any atom is 0.196 e. The van der Waals surface area contributed by atoms with Crippen LogP contribution >= 0.6 is 0 Å². The van der Waals surface area contributed by atoms with Crippen molar-refractivity contribution in [2.75, 3.05) is 0 Å². The number of carbonyl (C=O) groups is 2. The lowest BCUT2D eigenvalue weighted by Gasteiger charge is -2.22. The number of hydrogen-bond donors (Lipinski definition) is 2. The first kappa shape index (κ1) is 15.0. The van der Waals surface area contributed by atoms with Crippen LogP contribution in [0, 0.1) is 0 Å². The molecule has 3 rings (SSSR count). The van der Waals surface area contributed by atoms with Crippen LogP contribution in [0.2, 0.25) is 0 Å². The molecule has 2 aliphatic rings. The van der Waals surface area contributed by atoms with Crippen molar-refractivity contribution >= 4 is 17.1 Å². The summed E-state index contributed by atoms with van der Waals surface area (Å²) in [5, 5.41) is 0. The molecule has 116 valence electrons. The zero-order valence-electron chi connectivity index (χ0n) is 12.9. The molecule has 0 heterocycles. The maximum absolute atomic E-state index is 12.8. The molecule has 1 aromatic rings. The maximum atomic E-state index is 12.8. The number of aryl methyl sites for hydroxylation is 1. The van der Waals surface area contributed by atoms with E-state index in [1.807, 2.05) is 24.3 Å². The fourth-order valence-corrected chi connectivity index (χ4v) is 2.91. The summed E-state index contributed by atoms with van der Waals surface area (Å²) in [4.78, 5) is 24.8. The van der Waals surface area contributed by atoms with Gasteiger partial charge in [0, 0.05) is 17.0 Å². The van der Waals surface area contributed by atoms with Crippen molar-refractivity contribution in [2.24, 2.45) is 11.5 Å². The van der Waals surface area contributed by atoms with Gasteiger partial charge in [-0.15, -0.1) is 0 Å². The van der Waals surface area contributed by atoms with E-state index in [9.17, 15) is 9.59 Å². The van der Waals surface area contributed by atoms with E-state index < -0.39 is 0 Å². The lowest BCUT2D eigenvalue weighted by molar-refractivity contribution is -0.113. The molecule has 2 aliphatic carbocycles. The zero-order chi connectivity index (χ0) is 16.6. The summed E-state index contributed by atoms with van der Waals surface area (Å²) in [6.07, 6.45) is 6.43. The predicted molar refractivity (Wildman–Crippen MR) is 90.0 cm³/mol. The highest BCUT2D eigenvalue weighted by molar-refractivity contribution is 6.36. The van der Waals surface area contributed by atoms with Gasteiger partial charge < -0.3 is 11.5 Å². The van der Waals surface area contributed by atoms with Crippen molar-refractivity contribution < 1.29 is 9.59 Å². The van der Waals surface area contributed by atoms with E-state index in [1.165, 1.54) is 17.7 Å². The summed E-state index contributed by atoms with van der Waals surface area (Å²) in [6.45, 7) is 2.12. The van der Waals surface area contributed by atoms with Gasteiger partial charge in [-0.25, -0.2) is 0 Å². The molecule has 1 aromatic carbocycles. The predicted octanol–water partition coefficient (Wildman–Crippen LogP) is 2.17. The van der Waals surface area contributed by atoms with Crippen molar-refractivity contribution in [2.45, 2.75) is 19.8 Å². The normalized spacial score (nSPS) is 17.5. The molecular weight excluding hydrogens is 288 g/mol. The van der Waals surface area contributed by atoms with Gasteiger partial charge in [-0.2, -0.15) is 0 Å². The Kier molecular flexibility index (Phi) is 3.74. The molecule has 0 amide bonds. The van der Waals surface area contributed by atoms with Crippen LogP contribution in [-0.4, -0.2) is 11.6 Å². The zero-order valence-corrected chi connectivity index (χ0v) is 12.9. The molecule has 0 unspecified atom stereocenters. The van der Waals surface area contributed by atoms with Crippen molar-refractivity contribution in [3.05, 3.63) is 76.2 Å². The third-order valence-corrected chi connectivity index (χ3v) is 4.06. The average molecular weight is 306 g/mol. The minimum Gasteiger partial charge on any atom is -0.398 e. The lowest BCUT2D eigenvalue weighted by atomic mass is 9.81. The molecule has 0 spiro atoms. The summed E-state index contributed by atoms with van der Waals surface area (Å²) < 4.78 is 0. The quantitative estimate of drug-likeness (QED) is 0.896. The summed E-state index contributed by atoms with van der Waals surface area (Å²) >= 11 is 0. The molecule has 0 saturated heterocycles. The SMILES string of the molecule is CCCc1ccc(C2=CC(N)=C3C(=O)C=CC(N)=C3C2=O)cc1. The lowest BCUT2D eigenvalue weighted by Crippen LogP contribution is -2.26. The van der Waals surface area contributed by atoms with E-state index in [-0.39, 0.29) is 34.1 Å². The largest absolute Gasteiger partial charge is 0.398 e. The van der Waals surface area contributed by atoms with Crippen LogP contribution in [0.25, 0.3) is 5.57 Å². The molecule has 0 saturated carbocycles. The molecule has 0 atom stereocenters. The summed E-state index contributed by atoms with van der Waals surface area (Å²) in [7, 11) is 0. The Hall–Kier alpha value is -2.88. The molecular formula is C19H18N2O2. The van der Waals surface area contributed by atoms with Gasteiger partial charge in [0.05, 0.1) is 11.1 Å². The number of rotatable bonds is 3. The van der Waals surface area contributed by atoms with Gasteiger partial charge in [-0.3, -0.25) is 9.59 Å². The van der Waals surface area contributed by atoms with E-state index in [1.54, 1.807) is 6.08 Å². The second kappa shape index (κ2) is 5.72. The Morgan fingerprint density at radius 3 is 2.26 bits per heavy atom. The molecule has 4 heteroatoms. The Morgan fingerprint density at radius 1 is 0.913 bits per heavy atom. The van der Waals surface area contributed by atoms with Crippen LogP contribution in [0.3, 0.4) is 0 Å². The first-order valence-electron chi connectivity index (χ1n) is 7.61. The second-order valence-electron chi connectivity index (χ2n) is 5.69. The number of Topliss-reactive ketones (excluding diaryl/α,β-unsaturated/α-hetero) is 1. The van der Waals surface area contributed by atoms with Crippen LogP contribution in [0.5, 0.6) is 0 Å². The molecule has 0 fully saturated rings. The van der Waals surface area contributed by atoms with Gasteiger partial charge >= 0.3 is 0 Å². The number of ketones is 2. The average Bonchev–Trinajstić information content (AvgIpc) is 2.54. The smallest absolute Gasteiger partial charge is 0.196 e. The van der Waals surface area contributed by atoms with E-state index in [4.69, 9.17) is 11.5 Å². The number of benzene rings is 1. The van der Waals surface area contributed by atoms with Crippen LogP contribution in [0.15, 0.2) is 65.0 Å². The third-order valence-electron chi connectivity index (χ3n) is 4.06. The molecule has 23 heavy (non-hydrogen) atoms. The van der Waals surface area contributed by atoms with Gasteiger partial charge in [-0.1, -0.05) is 37.6 Å². The van der Waals surface area contributed by atoms with Crippen LogP contribution in [-0.2, 0) is 16.0 Å². The van der Waals surface area contributed by atoms with E-state index in [2.05, 4.69) is 6.92 Å². The Bertz CT molecular complexity index is 821. The van der Waals surface area contributed by atoms with Gasteiger partial charge in [-0.05, 0) is 35.8 Å². The highest BCUT2D eigenvalue weighted by Gasteiger charge is 2.32. The van der Waals surface area contributed by atoms with Crippen molar-refractivity contribution in [1.82, 2.24) is 0 Å². The molecule has 4 nitrogen and oxygen atoms in total. The number of nitrogens with two attached hydrogens (primary N) is 2. The van der Waals surface area contributed by atoms with Gasteiger partial charge in [0.25, 0.3) is 0 Å². The van der Waals surface area contributed by atoms with Crippen LogP contribution in [0.1, 0.15) is 24.5 Å². The number of hydrogen-bond acceptors (Lipinski definition) is 4. The van der Waals surface area contributed by atoms with Crippen LogP contribution < -0.4 is 11.5 Å². The Morgan fingerprint density at radius 2 is 1.61 bits per heavy atom. The van der Waals surface area contributed by atoms with Crippen molar-refractivity contribution in [3.63, 3.8) is 0 Å². The minimum absolute atomic E-state index is 0.210. The number of allylic oxidation sites excluding steroid dienone is 6. The topological polar surface area (TPSA) is 86.2 Å². The van der Waals surface area contributed by atoms with Gasteiger partial charge in [0.1, 0.15) is 0 Å². The Labute approximate surface area is 134 Å². The molecule has 0 aromatic heterocycles. The summed E-state index contributed by atoms with van der Waals surface area (Å²) in [6, 6.07) is 7.83. The molecule has 4 N–H and O–H groups in total. The monoisotopic (exact) mass is 306 g/mol. The number of fused-ring (bicyclic) bond motifs is 1. The Balaban J connectivity index is 2.08. The highest BCUT2D eigenvalue weighted by Crippen LogP contribution is 2.33. The molecule has 0 bridgehead atoms. The van der Waals surface area contributed by atoms with E-state index in [0.717, 1.165) is 18.4 Å². The van der Waals surface area contributed by atoms with Crippen molar-refractivity contribution in [1.29, 1.82) is 0 Å². The minimum atomic E-state index is -0.284. The number of carbonyl (C=O) groups excluding carboxylic acids is 2.